The fraction of sp³-hybridized carbons (Fsp3) is 0.500. The Labute approximate surface area is 69.8 Å². The van der Waals surface area contributed by atoms with Crippen molar-refractivity contribution in [3.8, 4) is 0 Å². The third-order valence-corrected chi connectivity index (χ3v) is 2.21. The summed E-state index contributed by atoms with van der Waals surface area (Å²) in [7, 11) is 0. The van der Waals surface area contributed by atoms with E-state index in [1.165, 1.54) is 6.20 Å². The number of fused-ring (bicyclic) bond motifs is 1. The van der Waals surface area contributed by atoms with Gasteiger partial charge in [-0.1, -0.05) is 0 Å². The Bertz CT molecular complexity index is 317. The Balaban J connectivity index is 2.44. The SMILES string of the molecule is O=C(O)c1cnn2c1CCCC2. The van der Waals surface area contributed by atoms with E-state index in [-0.39, 0.29) is 0 Å². The molecule has 2 heterocycles. The average Bonchev–Trinajstić information content (AvgIpc) is 2.47. The minimum Gasteiger partial charge on any atom is -0.478 e. The standard InChI is InChI=1S/C8H10N2O2/c11-8(12)6-5-9-10-4-2-1-3-7(6)10/h5H,1-4H2,(H,11,12). The van der Waals surface area contributed by atoms with Gasteiger partial charge in [0, 0.05) is 6.54 Å². The number of hydrogen-bond donors (Lipinski definition) is 1. The number of carbonyl (C=O) groups is 1. The molecule has 0 amide bonds. The second kappa shape index (κ2) is 2.62. The van der Waals surface area contributed by atoms with E-state index < -0.39 is 5.97 Å². The van der Waals surface area contributed by atoms with Crippen molar-refractivity contribution in [2.45, 2.75) is 25.8 Å². The van der Waals surface area contributed by atoms with Crippen molar-refractivity contribution >= 4 is 5.97 Å². The molecule has 4 heteroatoms. The van der Waals surface area contributed by atoms with Gasteiger partial charge in [0.15, 0.2) is 0 Å². The van der Waals surface area contributed by atoms with E-state index in [2.05, 4.69) is 5.10 Å². The minimum absolute atomic E-state index is 0.370. The first-order valence-electron chi connectivity index (χ1n) is 4.07. The molecule has 12 heavy (non-hydrogen) atoms. The van der Waals surface area contributed by atoms with Crippen molar-refractivity contribution in [3.63, 3.8) is 0 Å². The van der Waals surface area contributed by atoms with E-state index in [0.717, 1.165) is 31.5 Å². The molecule has 0 bridgehead atoms. The van der Waals surface area contributed by atoms with Crippen LogP contribution in [0.15, 0.2) is 6.20 Å². The molecule has 0 fully saturated rings. The Kier molecular flexibility index (Phi) is 1.60. The molecule has 0 radical (unpaired) electrons. The summed E-state index contributed by atoms with van der Waals surface area (Å²) in [5.74, 6) is -0.863. The van der Waals surface area contributed by atoms with Gasteiger partial charge in [-0.3, -0.25) is 4.68 Å². The molecule has 64 valence electrons. The zero-order valence-electron chi connectivity index (χ0n) is 6.66. The molecule has 0 saturated carbocycles. The van der Waals surface area contributed by atoms with E-state index in [1.807, 2.05) is 0 Å². The molecule has 1 aliphatic heterocycles. The van der Waals surface area contributed by atoms with E-state index in [1.54, 1.807) is 4.68 Å². The molecule has 1 aliphatic rings. The summed E-state index contributed by atoms with van der Waals surface area (Å²) in [6, 6.07) is 0. The Hall–Kier alpha value is -1.32. The van der Waals surface area contributed by atoms with Crippen molar-refractivity contribution in [1.82, 2.24) is 9.78 Å². The van der Waals surface area contributed by atoms with Gasteiger partial charge in [0.05, 0.1) is 11.9 Å². The number of aromatic carboxylic acids is 1. The highest BCUT2D eigenvalue weighted by atomic mass is 16.4. The van der Waals surface area contributed by atoms with Crippen molar-refractivity contribution in [2.75, 3.05) is 0 Å². The summed E-state index contributed by atoms with van der Waals surface area (Å²) in [5.41, 5.74) is 1.25. The molecule has 1 aromatic heterocycles. The normalized spacial score (nSPS) is 15.7. The molecule has 1 N–H and O–H groups in total. The number of rotatable bonds is 1. The van der Waals surface area contributed by atoms with Crippen LogP contribution in [0.4, 0.5) is 0 Å². The molecule has 0 aliphatic carbocycles. The Morgan fingerprint density at radius 2 is 2.42 bits per heavy atom. The first kappa shape index (κ1) is 7.34. The molecule has 0 unspecified atom stereocenters. The summed E-state index contributed by atoms with van der Waals surface area (Å²) < 4.78 is 1.80. The fourth-order valence-electron chi connectivity index (χ4n) is 1.60. The van der Waals surface area contributed by atoms with Gasteiger partial charge in [0.25, 0.3) is 0 Å². The summed E-state index contributed by atoms with van der Waals surface area (Å²) in [6.07, 6.45) is 4.48. The number of carboxylic acid groups (broad SMARTS) is 1. The van der Waals surface area contributed by atoms with Gasteiger partial charge < -0.3 is 5.11 Å². The molecule has 4 nitrogen and oxygen atoms in total. The molecular formula is C8H10N2O2. The second-order valence-electron chi connectivity index (χ2n) is 2.99. The Morgan fingerprint density at radius 3 is 3.17 bits per heavy atom. The predicted molar refractivity (Wildman–Crippen MR) is 42.1 cm³/mol. The summed E-state index contributed by atoms with van der Waals surface area (Å²) in [4.78, 5) is 10.7. The van der Waals surface area contributed by atoms with Crippen LogP contribution in [-0.2, 0) is 13.0 Å². The number of aryl methyl sites for hydroxylation is 1. The van der Waals surface area contributed by atoms with Gasteiger partial charge in [-0.25, -0.2) is 4.79 Å². The summed E-state index contributed by atoms with van der Waals surface area (Å²) in [6.45, 7) is 0.864. The third-order valence-electron chi connectivity index (χ3n) is 2.21. The highest BCUT2D eigenvalue weighted by molar-refractivity contribution is 5.88. The maximum atomic E-state index is 10.7. The monoisotopic (exact) mass is 166 g/mol. The topological polar surface area (TPSA) is 55.1 Å². The van der Waals surface area contributed by atoms with E-state index in [9.17, 15) is 4.79 Å². The number of carboxylic acids is 1. The third kappa shape index (κ3) is 0.995. The largest absolute Gasteiger partial charge is 0.478 e. The molecule has 1 aromatic rings. The van der Waals surface area contributed by atoms with Crippen LogP contribution >= 0.6 is 0 Å². The first-order chi connectivity index (χ1) is 5.79. The van der Waals surface area contributed by atoms with E-state index in [0.29, 0.717) is 5.56 Å². The van der Waals surface area contributed by atoms with Gasteiger partial charge in [-0.05, 0) is 19.3 Å². The van der Waals surface area contributed by atoms with Gasteiger partial charge in [-0.2, -0.15) is 5.10 Å². The van der Waals surface area contributed by atoms with Crippen molar-refractivity contribution in [1.29, 1.82) is 0 Å². The zero-order valence-corrected chi connectivity index (χ0v) is 6.66. The number of aromatic nitrogens is 2. The zero-order chi connectivity index (χ0) is 8.55. The number of hydrogen-bond acceptors (Lipinski definition) is 2. The quantitative estimate of drug-likeness (QED) is 0.674. The van der Waals surface area contributed by atoms with Crippen LogP contribution in [0, 0.1) is 0 Å². The first-order valence-corrected chi connectivity index (χ1v) is 4.07. The molecule has 0 aromatic carbocycles. The lowest BCUT2D eigenvalue weighted by Crippen LogP contribution is -2.13. The lowest BCUT2D eigenvalue weighted by atomic mass is 10.1. The van der Waals surface area contributed by atoms with Gasteiger partial charge in [0.1, 0.15) is 5.56 Å². The molecule has 0 spiro atoms. The minimum atomic E-state index is -0.863. The van der Waals surface area contributed by atoms with E-state index >= 15 is 0 Å². The fourth-order valence-corrected chi connectivity index (χ4v) is 1.60. The summed E-state index contributed by atoms with van der Waals surface area (Å²) >= 11 is 0. The maximum Gasteiger partial charge on any atom is 0.339 e. The van der Waals surface area contributed by atoms with Gasteiger partial charge >= 0.3 is 5.97 Å². The van der Waals surface area contributed by atoms with Crippen molar-refractivity contribution < 1.29 is 9.90 Å². The van der Waals surface area contributed by atoms with Crippen LogP contribution in [0.3, 0.4) is 0 Å². The van der Waals surface area contributed by atoms with E-state index in [4.69, 9.17) is 5.11 Å². The summed E-state index contributed by atoms with van der Waals surface area (Å²) in [5, 5.41) is 12.8. The number of nitrogens with zero attached hydrogens (tertiary/aromatic N) is 2. The molecule has 2 rings (SSSR count). The van der Waals surface area contributed by atoms with Crippen LogP contribution in [-0.4, -0.2) is 20.9 Å². The highest BCUT2D eigenvalue weighted by Gasteiger charge is 2.18. The maximum absolute atomic E-state index is 10.7. The lowest BCUT2D eigenvalue weighted by molar-refractivity contribution is 0.0695. The Morgan fingerprint density at radius 1 is 1.58 bits per heavy atom. The molecule has 0 saturated heterocycles. The van der Waals surface area contributed by atoms with Crippen LogP contribution in [0.2, 0.25) is 0 Å². The van der Waals surface area contributed by atoms with Crippen LogP contribution in [0.5, 0.6) is 0 Å². The van der Waals surface area contributed by atoms with Crippen LogP contribution < -0.4 is 0 Å². The van der Waals surface area contributed by atoms with Crippen LogP contribution in [0.25, 0.3) is 0 Å². The predicted octanol–water partition coefficient (Wildman–Crippen LogP) is 0.918. The van der Waals surface area contributed by atoms with Crippen molar-refractivity contribution in [3.05, 3.63) is 17.5 Å². The van der Waals surface area contributed by atoms with Gasteiger partial charge in [-0.15, -0.1) is 0 Å². The molecular weight excluding hydrogens is 156 g/mol. The van der Waals surface area contributed by atoms with Crippen molar-refractivity contribution in [2.24, 2.45) is 0 Å². The lowest BCUT2D eigenvalue weighted by Gasteiger charge is -2.13. The molecule has 0 atom stereocenters. The average molecular weight is 166 g/mol. The smallest absolute Gasteiger partial charge is 0.339 e. The highest BCUT2D eigenvalue weighted by Crippen LogP contribution is 2.17. The second-order valence-corrected chi connectivity index (χ2v) is 2.99. The van der Waals surface area contributed by atoms with Crippen LogP contribution in [0.1, 0.15) is 28.9 Å². The van der Waals surface area contributed by atoms with Gasteiger partial charge in [0.2, 0.25) is 0 Å².